The van der Waals surface area contributed by atoms with E-state index in [-0.39, 0.29) is 5.91 Å². The Morgan fingerprint density at radius 2 is 2.58 bits per heavy atom. The first kappa shape index (κ1) is 8.73. The molecule has 0 bridgehead atoms. The highest BCUT2D eigenvalue weighted by Gasteiger charge is 2.04. The van der Waals surface area contributed by atoms with Crippen LogP contribution >= 0.6 is 0 Å². The van der Waals surface area contributed by atoms with Gasteiger partial charge in [0.15, 0.2) is 0 Å². The smallest absolute Gasteiger partial charge is 0.254 e. The number of amides is 1. The molecule has 3 N–H and O–H groups in total. The minimum atomic E-state index is -0.127. The summed E-state index contributed by atoms with van der Waals surface area (Å²) in [4.78, 5) is 11.0. The summed E-state index contributed by atoms with van der Waals surface area (Å²) in [5, 5.41) is 6.46. The van der Waals surface area contributed by atoms with Gasteiger partial charge in [0, 0.05) is 19.8 Å². The lowest BCUT2D eigenvalue weighted by molar-refractivity contribution is 0.0963. The first-order chi connectivity index (χ1) is 5.77. The van der Waals surface area contributed by atoms with Crippen LogP contribution in [0.5, 0.6) is 0 Å². The molecule has 5 nitrogen and oxygen atoms in total. The summed E-state index contributed by atoms with van der Waals surface area (Å²) in [6.07, 6.45) is 3.19. The van der Waals surface area contributed by atoms with Crippen molar-refractivity contribution in [2.45, 2.75) is 6.54 Å². The van der Waals surface area contributed by atoms with E-state index < -0.39 is 0 Å². The van der Waals surface area contributed by atoms with Gasteiger partial charge in [0.25, 0.3) is 5.91 Å². The van der Waals surface area contributed by atoms with E-state index in [1.165, 1.54) is 6.20 Å². The SMILES string of the molecule is CNC(=O)c1cnn(CCN)c1. The number of aromatic nitrogens is 2. The van der Waals surface area contributed by atoms with E-state index in [4.69, 9.17) is 5.73 Å². The van der Waals surface area contributed by atoms with Gasteiger partial charge in [-0.3, -0.25) is 9.48 Å². The van der Waals surface area contributed by atoms with Gasteiger partial charge in [-0.2, -0.15) is 5.10 Å². The van der Waals surface area contributed by atoms with E-state index in [1.54, 1.807) is 17.9 Å². The predicted octanol–water partition coefficient (Wildman–Crippen LogP) is -0.799. The summed E-state index contributed by atoms with van der Waals surface area (Å²) >= 11 is 0. The third-order valence-corrected chi connectivity index (χ3v) is 1.48. The lowest BCUT2D eigenvalue weighted by Crippen LogP contribution is -2.17. The van der Waals surface area contributed by atoms with Crippen molar-refractivity contribution in [2.75, 3.05) is 13.6 Å². The summed E-state index contributed by atoms with van der Waals surface area (Å²) in [7, 11) is 1.59. The monoisotopic (exact) mass is 168 g/mol. The van der Waals surface area contributed by atoms with Crippen LogP contribution in [0.2, 0.25) is 0 Å². The topological polar surface area (TPSA) is 72.9 Å². The second kappa shape index (κ2) is 3.87. The average molecular weight is 168 g/mol. The molecule has 12 heavy (non-hydrogen) atoms. The number of nitrogens with zero attached hydrogens (tertiary/aromatic N) is 2. The van der Waals surface area contributed by atoms with Crippen LogP contribution in [0.25, 0.3) is 0 Å². The molecule has 0 atom stereocenters. The molecule has 0 fully saturated rings. The van der Waals surface area contributed by atoms with Gasteiger partial charge in [-0.05, 0) is 0 Å². The van der Waals surface area contributed by atoms with Crippen molar-refractivity contribution in [1.82, 2.24) is 15.1 Å². The minimum absolute atomic E-state index is 0.127. The Kier molecular flexibility index (Phi) is 2.82. The Morgan fingerprint density at radius 1 is 1.83 bits per heavy atom. The normalized spacial score (nSPS) is 9.83. The van der Waals surface area contributed by atoms with E-state index >= 15 is 0 Å². The molecule has 1 rings (SSSR count). The summed E-state index contributed by atoms with van der Waals surface area (Å²) in [5.41, 5.74) is 5.88. The molecule has 0 saturated carbocycles. The van der Waals surface area contributed by atoms with Crippen LogP contribution in [0.4, 0.5) is 0 Å². The van der Waals surface area contributed by atoms with Crippen molar-refractivity contribution in [3.63, 3.8) is 0 Å². The fourth-order valence-corrected chi connectivity index (χ4v) is 0.880. The largest absolute Gasteiger partial charge is 0.355 e. The fourth-order valence-electron chi connectivity index (χ4n) is 0.880. The molecule has 1 aromatic rings. The van der Waals surface area contributed by atoms with Gasteiger partial charge in [-0.25, -0.2) is 0 Å². The molecule has 1 amide bonds. The van der Waals surface area contributed by atoms with Crippen LogP contribution in [0.1, 0.15) is 10.4 Å². The standard InChI is InChI=1S/C7H12N4O/c1-9-7(12)6-4-10-11(5-6)3-2-8/h4-5H,2-3,8H2,1H3,(H,9,12). The van der Waals surface area contributed by atoms with E-state index in [2.05, 4.69) is 10.4 Å². The van der Waals surface area contributed by atoms with Crippen LogP contribution in [0, 0.1) is 0 Å². The van der Waals surface area contributed by atoms with Gasteiger partial charge in [0.05, 0.1) is 18.3 Å². The van der Waals surface area contributed by atoms with Gasteiger partial charge in [0.1, 0.15) is 0 Å². The zero-order chi connectivity index (χ0) is 8.97. The number of nitrogens with two attached hydrogens (primary N) is 1. The second-order valence-corrected chi connectivity index (χ2v) is 2.36. The van der Waals surface area contributed by atoms with Crippen LogP contribution in [-0.2, 0) is 6.54 Å². The Hall–Kier alpha value is -1.36. The van der Waals surface area contributed by atoms with Gasteiger partial charge < -0.3 is 11.1 Å². The predicted molar refractivity (Wildman–Crippen MR) is 44.7 cm³/mol. The number of nitrogens with one attached hydrogen (secondary N) is 1. The van der Waals surface area contributed by atoms with Gasteiger partial charge in [0.2, 0.25) is 0 Å². The van der Waals surface area contributed by atoms with Gasteiger partial charge >= 0.3 is 0 Å². The van der Waals surface area contributed by atoms with Gasteiger partial charge in [-0.1, -0.05) is 0 Å². The molecule has 0 aliphatic carbocycles. The molecule has 0 unspecified atom stereocenters. The Labute approximate surface area is 70.5 Å². The van der Waals surface area contributed by atoms with Crippen molar-refractivity contribution in [1.29, 1.82) is 0 Å². The Bertz CT molecular complexity index is 268. The number of rotatable bonds is 3. The lowest BCUT2D eigenvalue weighted by Gasteiger charge is -1.95. The minimum Gasteiger partial charge on any atom is -0.355 e. The quantitative estimate of drug-likeness (QED) is 0.620. The zero-order valence-corrected chi connectivity index (χ0v) is 6.95. The lowest BCUT2D eigenvalue weighted by atomic mass is 10.3. The third-order valence-electron chi connectivity index (χ3n) is 1.48. The van der Waals surface area contributed by atoms with Crippen molar-refractivity contribution in [3.8, 4) is 0 Å². The summed E-state index contributed by atoms with van der Waals surface area (Å²) in [6.45, 7) is 1.16. The van der Waals surface area contributed by atoms with Crippen LogP contribution in [0.3, 0.4) is 0 Å². The van der Waals surface area contributed by atoms with E-state index in [0.29, 0.717) is 18.7 Å². The fraction of sp³-hybridized carbons (Fsp3) is 0.429. The van der Waals surface area contributed by atoms with Crippen LogP contribution in [-0.4, -0.2) is 29.3 Å². The molecule has 0 radical (unpaired) electrons. The number of hydrogen-bond donors (Lipinski definition) is 2. The average Bonchev–Trinajstić information content (AvgIpc) is 2.52. The van der Waals surface area contributed by atoms with E-state index in [1.807, 2.05) is 0 Å². The molecule has 66 valence electrons. The molecular weight excluding hydrogens is 156 g/mol. The molecule has 0 aliphatic heterocycles. The second-order valence-electron chi connectivity index (χ2n) is 2.36. The first-order valence-corrected chi connectivity index (χ1v) is 3.72. The highest BCUT2D eigenvalue weighted by atomic mass is 16.1. The molecule has 0 aliphatic rings. The van der Waals surface area contributed by atoms with Crippen LogP contribution < -0.4 is 11.1 Å². The number of carbonyl (C=O) groups is 1. The van der Waals surface area contributed by atoms with E-state index in [9.17, 15) is 4.79 Å². The first-order valence-electron chi connectivity index (χ1n) is 3.72. The van der Waals surface area contributed by atoms with Gasteiger partial charge in [-0.15, -0.1) is 0 Å². The molecule has 5 heteroatoms. The molecule has 0 aromatic carbocycles. The maximum absolute atomic E-state index is 11.0. The number of carbonyl (C=O) groups excluding carboxylic acids is 1. The molecule has 1 heterocycles. The highest BCUT2D eigenvalue weighted by Crippen LogP contribution is 1.96. The molecule has 1 aromatic heterocycles. The summed E-state index contributed by atoms with van der Waals surface area (Å²) < 4.78 is 1.64. The molecular formula is C7H12N4O. The van der Waals surface area contributed by atoms with Crippen molar-refractivity contribution in [3.05, 3.63) is 18.0 Å². The van der Waals surface area contributed by atoms with Crippen molar-refractivity contribution < 1.29 is 4.79 Å². The maximum Gasteiger partial charge on any atom is 0.254 e. The highest BCUT2D eigenvalue weighted by molar-refractivity contribution is 5.93. The zero-order valence-electron chi connectivity index (χ0n) is 6.95. The summed E-state index contributed by atoms with van der Waals surface area (Å²) in [5.74, 6) is -0.127. The van der Waals surface area contributed by atoms with Crippen LogP contribution in [0.15, 0.2) is 12.4 Å². The Balaban J connectivity index is 2.70. The van der Waals surface area contributed by atoms with Crippen molar-refractivity contribution >= 4 is 5.91 Å². The Morgan fingerprint density at radius 3 is 3.17 bits per heavy atom. The third kappa shape index (κ3) is 1.82. The van der Waals surface area contributed by atoms with Crippen molar-refractivity contribution in [2.24, 2.45) is 5.73 Å². The number of hydrogen-bond acceptors (Lipinski definition) is 3. The molecule has 0 saturated heterocycles. The van der Waals surface area contributed by atoms with E-state index in [0.717, 1.165) is 0 Å². The summed E-state index contributed by atoms with van der Waals surface area (Å²) in [6, 6.07) is 0. The molecule has 0 spiro atoms. The maximum atomic E-state index is 11.0.